The second kappa shape index (κ2) is 2.59. The van der Waals surface area contributed by atoms with E-state index in [1.54, 1.807) is 0 Å². The highest BCUT2D eigenvalue weighted by atomic mass is 19.4. The minimum absolute atomic E-state index is 0.157. The molecule has 1 heterocycles. The lowest BCUT2D eigenvalue weighted by atomic mass is 10.2. The molecule has 1 aliphatic carbocycles. The minimum Gasteiger partial charge on any atom is -0.294 e. The largest absolute Gasteiger partial charge is 0.435 e. The van der Waals surface area contributed by atoms with Crippen molar-refractivity contribution in [1.82, 2.24) is 9.78 Å². The molecule has 14 heavy (non-hydrogen) atoms. The van der Waals surface area contributed by atoms with E-state index in [1.165, 1.54) is 7.05 Å². The van der Waals surface area contributed by atoms with E-state index in [1.807, 2.05) is 0 Å². The van der Waals surface area contributed by atoms with Crippen molar-refractivity contribution in [2.75, 3.05) is 0 Å². The molecule has 0 radical (unpaired) electrons. The van der Waals surface area contributed by atoms with E-state index in [4.69, 9.17) is 0 Å². The summed E-state index contributed by atoms with van der Waals surface area (Å²) in [6.07, 6.45) is -4.02. The lowest BCUT2D eigenvalue weighted by Gasteiger charge is -2.02. The highest BCUT2D eigenvalue weighted by Crippen LogP contribution is 2.35. The summed E-state index contributed by atoms with van der Waals surface area (Å²) in [4.78, 5) is 11.2. The second-order valence-corrected chi connectivity index (χ2v) is 3.21. The van der Waals surface area contributed by atoms with Gasteiger partial charge in [-0.05, 0) is 6.42 Å². The van der Waals surface area contributed by atoms with E-state index in [9.17, 15) is 18.0 Å². The molecule has 0 saturated heterocycles. The van der Waals surface area contributed by atoms with Crippen LogP contribution < -0.4 is 0 Å². The lowest BCUT2D eigenvalue weighted by molar-refractivity contribution is -0.141. The molecular weight excluding hydrogens is 197 g/mol. The molecule has 0 unspecified atom stereocenters. The van der Waals surface area contributed by atoms with Crippen LogP contribution in [-0.2, 0) is 19.6 Å². The van der Waals surface area contributed by atoms with Crippen LogP contribution >= 0.6 is 0 Å². The van der Waals surface area contributed by atoms with E-state index in [-0.39, 0.29) is 12.0 Å². The van der Waals surface area contributed by atoms with Crippen LogP contribution in [0.5, 0.6) is 0 Å². The maximum atomic E-state index is 12.4. The molecule has 0 spiro atoms. The molecule has 3 nitrogen and oxygen atoms in total. The molecule has 0 amide bonds. The highest BCUT2D eigenvalue weighted by Gasteiger charge is 2.42. The Hall–Kier alpha value is -1.33. The molecule has 1 aliphatic rings. The first-order valence-electron chi connectivity index (χ1n) is 4.07. The van der Waals surface area contributed by atoms with Gasteiger partial charge in [-0.15, -0.1) is 0 Å². The lowest BCUT2D eigenvalue weighted by Crippen LogP contribution is -2.11. The number of alkyl halides is 3. The normalized spacial score (nSPS) is 16.1. The first-order valence-corrected chi connectivity index (χ1v) is 4.07. The number of carbonyl (C=O) groups excluding carboxylic acids is 1. The summed E-state index contributed by atoms with van der Waals surface area (Å²) < 4.78 is 38.3. The van der Waals surface area contributed by atoms with Crippen LogP contribution in [0.25, 0.3) is 0 Å². The number of ketones is 1. The van der Waals surface area contributed by atoms with Crippen molar-refractivity contribution in [1.29, 1.82) is 0 Å². The van der Waals surface area contributed by atoms with Crippen molar-refractivity contribution in [3.8, 4) is 0 Å². The molecule has 0 aliphatic heterocycles. The van der Waals surface area contributed by atoms with Gasteiger partial charge in [-0.3, -0.25) is 9.48 Å². The SMILES string of the molecule is Cn1nc(C(F)(F)F)c2c1CCC2=O. The van der Waals surface area contributed by atoms with Crippen molar-refractivity contribution in [3.05, 3.63) is 17.0 Å². The Morgan fingerprint density at radius 3 is 2.57 bits per heavy atom. The molecular formula is C8H7F3N2O. The monoisotopic (exact) mass is 204 g/mol. The third-order valence-corrected chi connectivity index (χ3v) is 2.30. The van der Waals surface area contributed by atoms with Gasteiger partial charge >= 0.3 is 6.18 Å². The number of carbonyl (C=O) groups is 1. The van der Waals surface area contributed by atoms with Crippen LogP contribution in [0, 0.1) is 0 Å². The maximum absolute atomic E-state index is 12.4. The number of fused-ring (bicyclic) bond motifs is 1. The molecule has 0 atom stereocenters. The summed E-state index contributed by atoms with van der Waals surface area (Å²) in [7, 11) is 1.42. The van der Waals surface area contributed by atoms with Crippen LogP contribution in [0.3, 0.4) is 0 Å². The number of hydrogen-bond donors (Lipinski definition) is 0. The predicted octanol–water partition coefficient (Wildman–Crippen LogP) is 1.57. The summed E-state index contributed by atoms with van der Waals surface area (Å²) >= 11 is 0. The molecule has 1 aromatic rings. The Labute approximate surface area is 77.5 Å². The molecule has 6 heteroatoms. The van der Waals surface area contributed by atoms with E-state index >= 15 is 0 Å². The van der Waals surface area contributed by atoms with Gasteiger partial charge in [0.1, 0.15) is 0 Å². The minimum atomic E-state index is -4.54. The van der Waals surface area contributed by atoms with Gasteiger partial charge in [-0.25, -0.2) is 0 Å². The van der Waals surface area contributed by atoms with Crippen LogP contribution in [0.2, 0.25) is 0 Å². The van der Waals surface area contributed by atoms with E-state index in [0.717, 1.165) is 4.68 Å². The van der Waals surface area contributed by atoms with Crippen LogP contribution in [0.4, 0.5) is 13.2 Å². The Kier molecular flexibility index (Phi) is 1.71. The van der Waals surface area contributed by atoms with Crippen LogP contribution in [-0.4, -0.2) is 15.6 Å². The van der Waals surface area contributed by atoms with Gasteiger partial charge in [-0.1, -0.05) is 0 Å². The molecule has 0 aromatic carbocycles. The van der Waals surface area contributed by atoms with Gasteiger partial charge < -0.3 is 0 Å². The molecule has 0 fully saturated rings. The van der Waals surface area contributed by atoms with Crippen molar-refractivity contribution in [2.45, 2.75) is 19.0 Å². The predicted molar refractivity (Wildman–Crippen MR) is 40.9 cm³/mol. The second-order valence-electron chi connectivity index (χ2n) is 3.21. The van der Waals surface area contributed by atoms with Crippen molar-refractivity contribution >= 4 is 5.78 Å². The quantitative estimate of drug-likeness (QED) is 0.642. The van der Waals surface area contributed by atoms with Gasteiger partial charge in [0.25, 0.3) is 0 Å². The fraction of sp³-hybridized carbons (Fsp3) is 0.500. The van der Waals surface area contributed by atoms with Gasteiger partial charge in [0, 0.05) is 19.2 Å². The third-order valence-electron chi connectivity index (χ3n) is 2.30. The van der Waals surface area contributed by atoms with Crippen LogP contribution in [0.15, 0.2) is 0 Å². The number of nitrogens with zero attached hydrogens (tertiary/aromatic N) is 2. The Bertz CT molecular complexity index is 405. The average Bonchev–Trinajstić information content (AvgIpc) is 2.54. The summed E-state index contributed by atoms with van der Waals surface area (Å²) in [6, 6.07) is 0. The third kappa shape index (κ3) is 1.13. The summed E-state index contributed by atoms with van der Waals surface area (Å²) in [5.74, 6) is -0.458. The zero-order chi connectivity index (χ0) is 10.5. The number of hydrogen-bond acceptors (Lipinski definition) is 2. The maximum Gasteiger partial charge on any atom is 0.435 e. The summed E-state index contributed by atoms with van der Waals surface area (Å²) in [5.41, 5.74) is -0.889. The standard InChI is InChI=1S/C8H7F3N2O/c1-13-4-2-3-5(14)6(4)7(12-13)8(9,10)11/h2-3H2,1H3. The number of halogens is 3. The molecule has 0 bridgehead atoms. The fourth-order valence-electron chi connectivity index (χ4n) is 1.69. The van der Waals surface area contributed by atoms with Gasteiger partial charge in [0.2, 0.25) is 0 Å². The van der Waals surface area contributed by atoms with E-state index in [2.05, 4.69) is 5.10 Å². The molecule has 0 N–H and O–H groups in total. The van der Waals surface area contributed by atoms with Crippen molar-refractivity contribution < 1.29 is 18.0 Å². The number of Topliss-reactive ketones (excluding diaryl/α,β-unsaturated/α-hetero) is 1. The van der Waals surface area contributed by atoms with Crippen molar-refractivity contribution in [3.63, 3.8) is 0 Å². The van der Waals surface area contributed by atoms with Crippen LogP contribution in [0.1, 0.15) is 28.2 Å². The smallest absolute Gasteiger partial charge is 0.294 e. The Morgan fingerprint density at radius 2 is 2.00 bits per heavy atom. The Balaban J connectivity index is 2.64. The first kappa shape index (κ1) is 9.23. The van der Waals surface area contributed by atoms with Gasteiger partial charge in [0.15, 0.2) is 11.5 Å². The summed E-state index contributed by atoms with van der Waals surface area (Å²) in [6.45, 7) is 0. The molecule has 1 aromatic heterocycles. The highest BCUT2D eigenvalue weighted by molar-refractivity contribution is 6.01. The van der Waals surface area contributed by atoms with Gasteiger partial charge in [-0.2, -0.15) is 18.3 Å². The summed E-state index contributed by atoms with van der Waals surface area (Å²) in [5, 5.41) is 3.32. The molecule has 76 valence electrons. The number of aryl methyl sites for hydroxylation is 1. The number of aromatic nitrogens is 2. The molecule has 2 rings (SSSR count). The topological polar surface area (TPSA) is 34.9 Å². The van der Waals surface area contributed by atoms with E-state index < -0.39 is 17.7 Å². The zero-order valence-electron chi connectivity index (χ0n) is 7.35. The van der Waals surface area contributed by atoms with E-state index in [0.29, 0.717) is 12.1 Å². The number of rotatable bonds is 0. The zero-order valence-corrected chi connectivity index (χ0v) is 7.35. The molecule has 0 saturated carbocycles. The average molecular weight is 204 g/mol. The Morgan fingerprint density at radius 1 is 1.36 bits per heavy atom. The van der Waals surface area contributed by atoms with Crippen molar-refractivity contribution in [2.24, 2.45) is 7.05 Å². The fourth-order valence-corrected chi connectivity index (χ4v) is 1.69. The van der Waals surface area contributed by atoms with Gasteiger partial charge in [0.05, 0.1) is 5.56 Å². The first-order chi connectivity index (χ1) is 6.41.